The van der Waals surface area contributed by atoms with E-state index in [2.05, 4.69) is 10.3 Å². The number of amides is 1. The number of hydrogen-bond donors (Lipinski definition) is 1. The van der Waals surface area contributed by atoms with Crippen LogP contribution in [0, 0.1) is 12.7 Å². The molecule has 3 rings (SSSR count). The van der Waals surface area contributed by atoms with Gasteiger partial charge in [-0.1, -0.05) is 5.21 Å². The number of hydrogen-bond acceptors (Lipinski definition) is 5. The molecule has 1 aliphatic heterocycles. The van der Waals surface area contributed by atoms with Crippen molar-refractivity contribution in [2.45, 2.75) is 13.0 Å². The Kier molecular flexibility index (Phi) is 4.26. The zero-order valence-corrected chi connectivity index (χ0v) is 12.8. The summed E-state index contributed by atoms with van der Waals surface area (Å²) in [6.45, 7) is 2.06. The minimum Gasteiger partial charge on any atom is -0.479 e. The monoisotopic (exact) mass is 334 g/mol. The molecule has 1 N–H and O–H groups in total. The summed E-state index contributed by atoms with van der Waals surface area (Å²) in [5, 5.41) is 16.8. The van der Waals surface area contributed by atoms with E-state index >= 15 is 0 Å². The summed E-state index contributed by atoms with van der Waals surface area (Å²) in [5.74, 6) is -1.89. The third-order valence-electron chi connectivity index (χ3n) is 3.80. The van der Waals surface area contributed by atoms with Crippen LogP contribution in [0.3, 0.4) is 0 Å². The molecule has 0 spiro atoms. The van der Waals surface area contributed by atoms with Crippen molar-refractivity contribution < 1.29 is 23.8 Å². The molecular formula is C15H15FN4O4. The third kappa shape index (κ3) is 2.98. The predicted molar refractivity (Wildman–Crippen MR) is 79.3 cm³/mol. The van der Waals surface area contributed by atoms with Gasteiger partial charge in [-0.05, 0) is 31.2 Å². The zero-order chi connectivity index (χ0) is 17.3. The fourth-order valence-electron chi connectivity index (χ4n) is 2.49. The Morgan fingerprint density at radius 2 is 2.04 bits per heavy atom. The molecular weight excluding hydrogens is 319 g/mol. The Morgan fingerprint density at radius 1 is 1.33 bits per heavy atom. The number of carboxylic acid groups (broad SMARTS) is 1. The highest BCUT2D eigenvalue weighted by atomic mass is 19.1. The second kappa shape index (κ2) is 6.36. The summed E-state index contributed by atoms with van der Waals surface area (Å²) in [7, 11) is 0. The van der Waals surface area contributed by atoms with Crippen molar-refractivity contribution in [1.82, 2.24) is 19.9 Å². The van der Waals surface area contributed by atoms with Crippen molar-refractivity contribution in [1.29, 1.82) is 0 Å². The van der Waals surface area contributed by atoms with Crippen molar-refractivity contribution in [3.8, 4) is 5.69 Å². The molecule has 1 saturated heterocycles. The number of aliphatic carboxylic acids is 1. The van der Waals surface area contributed by atoms with Crippen LogP contribution in [0.15, 0.2) is 24.3 Å². The second-order valence-electron chi connectivity index (χ2n) is 5.36. The van der Waals surface area contributed by atoms with Crippen LogP contribution in [0.5, 0.6) is 0 Å². The summed E-state index contributed by atoms with van der Waals surface area (Å²) >= 11 is 0. The summed E-state index contributed by atoms with van der Waals surface area (Å²) in [5.41, 5.74) is 1.20. The highest BCUT2D eigenvalue weighted by Crippen LogP contribution is 2.16. The topological polar surface area (TPSA) is 97.6 Å². The molecule has 0 bridgehead atoms. The molecule has 24 heavy (non-hydrogen) atoms. The molecule has 2 heterocycles. The molecule has 9 heteroatoms. The predicted octanol–water partition coefficient (Wildman–Crippen LogP) is 0.640. The van der Waals surface area contributed by atoms with E-state index in [0.717, 1.165) is 0 Å². The van der Waals surface area contributed by atoms with Crippen molar-refractivity contribution in [2.75, 3.05) is 19.7 Å². The standard InChI is InChI=1S/C15H15FN4O4/c1-9-13(14(21)19-6-7-24-12(8-19)15(22)23)17-18-20(9)11-4-2-10(16)3-5-11/h2-5,12H,6-8H2,1H3,(H,22,23)/t12-/m1/s1. The fourth-order valence-corrected chi connectivity index (χ4v) is 2.49. The van der Waals surface area contributed by atoms with Gasteiger partial charge in [0.25, 0.3) is 5.91 Å². The first-order chi connectivity index (χ1) is 11.5. The first-order valence-corrected chi connectivity index (χ1v) is 7.29. The Hall–Kier alpha value is -2.81. The molecule has 1 aromatic carbocycles. The van der Waals surface area contributed by atoms with Crippen molar-refractivity contribution >= 4 is 11.9 Å². The van der Waals surface area contributed by atoms with Gasteiger partial charge in [0.2, 0.25) is 0 Å². The first-order valence-electron chi connectivity index (χ1n) is 7.29. The Morgan fingerprint density at radius 3 is 2.71 bits per heavy atom. The molecule has 1 aromatic heterocycles. The van der Waals surface area contributed by atoms with E-state index in [-0.39, 0.29) is 31.2 Å². The number of aromatic nitrogens is 3. The number of morpholine rings is 1. The van der Waals surface area contributed by atoms with Crippen LogP contribution in [0.2, 0.25) is 0 Å². The lowest BCUT2D eigenvalue weighted by Crippen LogP contribution is -2.48. The summed E-state index contributed by atoms with van der Waals surface area (Å²) in [4.78, 5) is 25.0. The molecule has 8 nitrogen and oxygen atoms in total. The number of nitrogens with zero attached hydrogens (tertiary/aromatic N) is 4. The van der Waals surface area contributed by atoms with E-state index < -0.39 is 18.0 Å². The Labute approximate surface area is 136 Å². The quantitative estimate of drug-likeness (QED) is 0.885. The molecule has 1 atom stereocenters. The Bertz CT molecular complexity index is 774. The number of carboxylic acids is 1. The first kappa shape index (κ1) is 16.1. The molecule has 126 valence electrons. The smallest absolute Gasteiger partial charge is 0.334 e. The van der Waals surface area contributed by atoms with Gasteiger partial charge in [0, 0.05) is 6.54 Å². The summed E-state index contributed by atoms with van der Waals surface area (Å²) in [6.07, 6.45) is -1.05. The van der Waals surface area contributed by atoms with Gasteiger partial charge in [-0.15, -0.1) is 5.10 Å². The largest absolute Gasteiger partial charge is 0.479 e. The number of rotatable bonds is 3. The van der Waals surface area contributed by atoms with E-state index in [1.165, 1.54) is 33.8 Å². The highest BCUT2D eigenvalue weighted by Gasteiger charge is 2.31. The zero-order valence-electron chi connectivity index (χ0n) is 12.8. The van der Waals surface area contributed by atoms with Gasteiger partial charge < -0.3 is 14.7 Å². The minimum atomic E-state index is -1.11. The number of carbonyl (C=O) groups excluding carboxylic acids is 1. The average molecular weight is 334 g/mol. The van der Waals surface area contributed by atoms with Gasteiger partial charge in [0.05, 0.1) is 24.5 Å². The second-order valence-corrected chi connectivity index (χ2v) is 5.36. The maximum atomic E-state index is 13.0. The molecule has 0 radical (unpaired) electrons. The number of ether oxygens (including phenoxy) is 1. The van der Waals surface area contributed by atoms with Gasteiger partial charge in [-0.2, -0.15) is 0 Å². The lowest BCUT2D eigenvalue weighted by atomic mass is 10.2. The molecule has 1 aliphatic rings. The van der Waals surface area contributed by atoms with Crippen LogP contribution in [-0.4, -0.2) is 62.7 Å². The van der Waals surface area contributed by atoms with E-state index in [4.69, 9.17) is 9.84 Å². The van der Waals surface area contributed by atoms with Crippen LogP contribution in [0.1, 0.15) is 16.2 Å². The lowest BCUT2D eigenvalue weighted by molar-refractivity contribution is -0.154. The van der Waals surface area contributed by atoms with Crippen LogP contribution in [0.25, 0.3) is 5.69 Å². The van der Waals surface area contributed by atoms with Crippen LogP contribution >= 0.6 is 0 Å². The molecule has 2 aromatic rings. The van der Waals surface area contributed by atoms with Crippen molar-refractivity contribution in [3.05, 3.63) is 41.5 Å². The van der Waals surface area contributed by atoms with E-state index in [0.29, 0.717) is 11.4 Å². The third-order valence-corrected chi connectivity index (χ3v) is 3.80. The Balaban J connectivity index is 1.83. The summed E-state index contributed by atoms with van der Waals surface area (Å²) < 4.78 is 19.5. The fraction of sp³-hybridized carbons (Fsp3) is 0.333. The highest BCUT2D eigenvalue weighted by molar-refractivity contribution is 5.93. The number of halogens is 1. The van der Waals surface area contributed by atoms with E-state index in [9.17, 15) is 14.0 Å². The normalized spacial score (nSPS) is 17.8. The molecule has 0 saturated carbocycles. The van der Waals surface area contributed by atoms with Crippen LogP contribution in [0.4, 0.5) is 4.39 Å². The molecule has 0 aliphatic carbocycles. The van der Waals surface area contributed by atoms with Gasteiger partial charge in [0.15, 0.2) is 11.8 Å². The number of benzene rings is 1. The maximum absolute atomic E-state index is 13.0. The van der Waals surface area contributed by atoms with Gasteiger partial charge >= 0.3 is 5.97 Å². The van der Waals surface area contributed by atoms with Crippen molar-refractivity contribution in [2.24, 2.45) is 0 Å². The average Bonchev–Trinajstić information content (AvgIpc) is 2.96. The summed E-state index contributed by atoms with van der Waals surface area (Å²) in [6, 6.07) is 5.63. The minimum absolute atomic E-state index is 0.0446. The van der Waals surface area contributed by atoms with Crippen LogP contribution in [-0.2, 0) is 9.53 Å². The van der Waals surface area contributed by atoms with E-state index in [1.54, 1.807) is 6.92 Å². The molecule has 1 fully saturated rings. The molecule has 1 amide bonds. The van der Waals surface area contributed by atoms with Gasteiger partial charge in [-0.25, -0.2) is 13.9 Å². The van der Waals surface area contributed by atoms with Gasteiger partial charge in [0.1, 0.15) is 5.82 Å². The SMILES string of the molecule is Cc1c(C(=O)N2CCO[C@@H](C(=O)O)C2)nnn1-c1ccc(F)cc1. The lowest BCUT2D eigenvalue weighted by Gasteiger charge is -2.30. The van der Waals surface area contributed by atoms with Gasteiger partial charge in [-0.3, -0.25) is 4.79 Å². The van der Waals surface area contributed by atoms with E-state index in [1.807, 2.05) is 0 Å². The molecule has 0 unspecified atom stereocenters. The van der Waals surface area contributed by atoms with Crippen molar-refractivity contribution in [3.63, 3.8) is 0 Å². The maximum Gasteiger partial charge on any atom is 0.334 e. The number of carbonyl (C=O) groups is 2. The van der Waals surface area contributed by atoms with Crippen LogP contribution < -0.4 is 0 Å².